The van der Waals surface area contributed by atoms with Gasteiger partial charge in [0.1, 0.15) is 6.33 Å². The van der Waals surface area contributed by atoms with Gasteiger partial charge in [-0.05, 0) is 38.1 Å². The van der Waals surface area contributed by atoms with E-state index in [9.17, 15) is 14.4 Å². The minimum atomic E-state index is -1.42. The van der Waals surface area contributed by atoms with Gasteiger partial charge in [0, 0.05) is 5.02 Å². The fourth-order valence-corrected chi connectivity index (χ4v) is 2.59. The van der Waals surface area contributed by atoms with E-state index in [1.165, 1.54) is 11.6 Å². The second-order valence-corrected chi connectivity index (χ2v) is 5.81. The summed E-state index contributed by atoms with van der Waals surface area (Å²) in [5.74, 6) is -1.37. The molecule has 0 aliphatic rings. The lowest BCUT2D eigenvalue weighted by Gasteiger charge is -2.14. The van der Waals surface area contributed by atoms with Gasteiger partial charge in [0.2, 0.25) is 0 Å². The van der Waals surface area contributed by atoms with Gasteiger partial charge in [-0.1, -0.05) is 16.8 Å². The van der Waals surface area contributed by atoms with Crippen LogP contribution in [0.2, 0.25) is 5.02 Å². The van der Waals surface area contributed by atoms with Crippen molar-refractivity contribution in [1.82, 2.24) is 24.5 Å². The molecule has 0 aliphatic carbocycles. The molecule has 3 aromatic rings. The van der Waals surface area contributed by atoms with Crippen molar-refractivity contribution in [2.24, 2.45) is 0 Å². The minimum Gasteiger partial charge on any atom is -0.464 e. The highest BCUT2D eigenvalue weighted by Crippen LogP contribution is 2.16. The van der Waals surface area contributed by atoms with Crippen LogP contribution in [-0.2, 0) is 14.3 Å². The SMILES string of the molecule is CCOC(=O)C(C(C)=O)n1cnc2c(nnn2-c2ccc(Cl)cc2)c1=O. The molecule has 9 nitrogen and oxygen atoms in total. The fourth-order valence-electron chi connectivity index (χ4n) is 2.46. The van der Waals surface area contributed by atoms with Crippen LogP contribution >= 0.6 is 11.6 Å². The molecule has 134 valence electrons. The van der Waals surface area contributed by atoms with Crippen LogP contribution in [0.15, 0.2) is 35.4 Å². The van der Waals surface area contributed by atoms with Crippen molar-refractivity contribution in [3.8, 4) is 5.69 Å². The van der Waals surface area contributed by atoms with E-state index in [4.69, 9.17) is 16.3 Å². The molecule has 2 heterocycles. The Hall–Kier alpha value is -3.07. The van der Waals surface area contributed by atoms with Crippen LogP contribution in [0.1, 0.15) is 19.9 Å². The highest BCUT2D eigenvalue weighted by Gasteiger charge is 2.29. The molecule has 0 radical (unpaired) electrons. The first-order valence-electron chi connectivity index (χ1n) is 7.69. The van der Waals surface area contributed by atoms with E-state index in [0.717, 1.165) is 10.9 Å². The summed E-state index contributed by atoms with van der Waals surface area (Å²) in [6.07, 6.45) is 1.11. The fraction of sp³-hybridized carbons (Fsp3) is 0.250. The molecule has 1 atom stereocenters. The van der Waals surface area contributed by atoms with Crippen molar-refractivity contribution in [2.75, 3.05) is 6.61 Å². The van der Waals surface area contributed by atoms with Crippen molar-refractivity contribution in [2.45, 2.75) is 19.9 Å². The van der Waals surface area contributed by atoms with E-state index in [2.05, 4.69) is 15.3 Å². The van der Waals surface area contributed by atoms with Crippen molar-refractivity contribution >= 4 is 34.5 Å². The van der Waals surface area contributed by atoms with E-state index in [-0.39, 0.29) is 17.8 Å². The molecule has 0 spiro atoms. The van der Waals surface area contributed by atoms with Gasteiger partial charge in [-0.2, -0.15) is 4.68 Å². The van der Waals surface area contributed by atoms with E-state index in [1.807, 2.05) is 0 Å². The summed E-state index contributed by atoms with van der Waals surface area (Å²) >= 11 is 5.87. The second-order valence-electron chi connectivity index (χ2n) is 5.37. The molecule has 2 aromatic heterocycles. The van der Waals surface area contributed by atoms with Crippen LogP contribution in [0, 0.1) is 0 Å². The predicted molar refractivity (Wildman–Crippen MR) is 92.3 cm³/mol. The number of fused-ring (bicyclic) bond motifs is 1. The number of esters is 1. The highest BCUT2D eigenvalue weighted by atomic mass is 35.5. The van der Waals surface area contributed by atoms with Gasteiger partial charge in [0.25, 0.3) is 5.56 Å². The highest BCUT2D eigenvalue weighted by molar-refractivity contribution is 6.30. The van der Waals surface area contributed by atoms with Crippen LogP contribution < -0.4 is 5.56 Å². The zero-order valence-electron chi connectivity index (χ0n) is 13.9. The lowest BCUT2D eigenvalue weighted by molar-refractivity contribution is -0.150. The summed E-state index contributed by atoms with van der Waals surface area (Å²) in [6, 6.07) is 5.30. The molecule has 0 N–H and O–H groups in total. The second kappa shape index (κ2) is 7.04. The third-order valence-corrected chi connectivity index (χ3v) is 3.88. The molecule has 1 aromatic carbocycles. The summed E-state index contributed by atoms with van der Waals surface area (Å²) in [5.41, 5.74) is 0.0660. The van der Waals surface area contributed by atoms with Gasteiger partial charge < -0.3 is 4.74 Å². The Morgan fingerprint density at radius 2 is 1.96 bits per heavy atom. The lowest BCUT2D eigenvalue weighted by Crippen LogP contribution is -2.35. The molecule has 26 heavy (non-hydrogen) atoms. The monoisotopic (exact) mass is 375 g/mol. The number of rotatable bonds is 5. The summed E-state index contributed by atoms with van der Waals surface area (Å²) in [6.45, 7) is 2.89. The number of ketones is 1. The average Bonchev–Trinajstić information content (AvgIpc) is 3.03. The topological polar surface area (TPSA) is 109 Å². The molecule has 3 rings (SSSR count). The van der Waals surface area contributed by atoms with Gasteiger partial charge in [-0.15, -0.1) is 5.10 Å². The molecular weight excluding hydrogens is 362 g/mol. The predicted octanol–water partition coefficient (Wildman–Crippen LogP) is 1.32. The Labute approximate surface area is 152 Å². The molecule has 0 saturated heterocycles. The third-order valence-electron chi connectivity index (χ3n) is 3.63. The van der Waals surface area contributed by atoms with Gasteiger partial charge in [-0.3, -0.25) is 14.2 Å². The third kappa shape index (κ3) is 3.08. The average molecular weight is 376 g/mol. The van der Waals surface area contributed by atoms with E-state index in [1.54, 1.807) is 31.2 Å². The normalized spacial score (nSPS) is 12.1. The first-order chi connectivity index (χ1) is 12.4. The molecule has 0 fully saturated rings. The van der Waals surface area contributed by atoms with Crippen LogP contribution in [0.5, 0.6) is 0 Å². The number of nitrogens with zero attached hydrogens (tertiary/aromatic N) is 5. The van der Waals surface area contributed by atoms with E-state index >= 15 is 0 Å². The summed E-state index contributed by atoms with van der Waals surface area (Å²) in [5, 5.41) is 8.32. The Bertz CT molecular complexity index is 1040. The number of carbonyl (C=O) groups is 2. The number of Topliss-reactive ketones (excluding diaryl/α,β-unsaturated/α-hetero) is 1. The van der Waals surface area contributed by atoms with Gasteiger partial charge in [-0.25, -0.2) is 9.78 Å². The quantitative estimate of drug-likeness (QED) is 0.488. The largest absolute Gasteiger partial charge is 0.464 e. The van der Waals surface area contributed by atoms with Crippen molar-refractivity contribution in [3.05, 3.63) is 46.0 Å². The van der Waals surface area contributed by atoms with Crippen LogP contribution in [0.25, 0.3) is 16.9 Å². The maximum absolute atomic E-state index is 12.7. The maximum atomic E-state index is 12.7. The van der Waals surface area contributed by atoms with Gasteiger partial charge in [0.05, 0.1) is 12.3 Å². The van der Waals surface area contributed by atoms with Crippen molar-refractivity contribution in [3.63, 3.8) is 0 Å². The molecule has 0 saturated carbocycles. The Morgan fingerprint density at radius 3 is 2.58 bits per heavy atom. The number of aromatic nitrogens is 5. The first-order valence-corrected chi connectivity index (χ1v) is 8.07. The maximum Gasteiger partial charge on any atom is 0.337 e. The Balaban J connectivity index is 2.13. The number of benzene rings is 1. The standard InChI is InChI=1S/C16H14ClN5O4/c1-3-26-16(25)13(9(2)23)21-8-18-14-12(15(21)24)19-20-22(14)11-6-4-10(17)5-7-11/h4-8,13H,3H2,1-2H3. The molecule has 1 unspecified atom stereocenters. The molecule has 0 aliphatic heterocycles. The Kier molecular flexibility index (Phi) is 4.81. The number of hydrogen-bond acceptors (Lipinski definition) is 7. The number of ether oxygens (including phenoxy) is 1. The lowest BCUT2D eigenvalue weighted by atomic mass is 10.2. The van der Waals surface area contributed by atoms with Crippen LogP contribution in [-0.4, -0.2) is 42.9 Å². The van der Waals surface area contributed by atoms with Crippen molar-refractivity contribution in [1.29, 1.82) is 0 Å². The summed E-state index contributed by atoms with van der Waals surface area (Å²) in [4.78, 5) is 40.8. The summed E-state index contributed by atoms with van der Waals surface area (Å²) in [7, 11) is 0. The number of carbonyl (C=O) groups excluding carboxylic acids is 2. The van der Waals surface area contributed by atoms with E-state index < -0.39 is 23.4 Å². The Morgan fingerprint density at radius 1 is 1.27 bits per heavy atom. The van der Waals surface area contributed by atoms with Crippen LogP contribution in [0.4, 0.5) is 0 Å². The molecule has 0 amide bonds. The number of halogens is 1. The van der Waals surface area contributed by atoms with Gasteiger partial charge >= 0.3 is 5.97 Å². The minimum absolute atomic E-state index is 0.0713. The number of hydrogen-bond donors (Lipinski definition) is 0. The molecular formula is C16H14ClN5O4. The summed E-state index contributed by atoms with van der Waals surface area (Å²) < 4.78 is 7.14. The van der Waals surface area contributed by atoms with Crippen molar-refractivity contribution < 1.29 is 14.3 Å². The zero-order chi connectivity index (χ0) is 18.8. The smallest absolute Gasteiger partial charge is 0.337 e. The van der Waals surface area contributed by atoms with Gasteiger partial charge in [0.15, 0.2) is 23.0 Å². The molecule has 10 heteroatoms. The zero-order valence-corrected chi connectivity index (χ0v) is 14.7. The van der Waals surface area contributed by atoms with E-state index in [0.29, 0.717) is 10.7 Å². The first kappa shape index (κ1) is 17.7. The van der Waals surface area contributed by atoms with Crippen LogP contribution in [0.3, 0.4) is 0 Å². The molecule has 0 bridgehead atoms.